The van der Waals surface area contributed by atoms with E-state index in [0.29, 0.717) is 56.8 Å². The Hall–Kier alpha value is -4.87. The zero-order valence-corrected chi connectivity index (χ0v) is 31.4. The molecule has 278 valence electrons. The number of aliphatic hydroxyl groups is 1. The van der Waals surface area contributed by atoms with Crippen molar-refractivity contribution in [1.29, 1.82) is 0 Å². The normalized spacial score (nSPS) is 11.9. The van der Waals surface area contributed by atoms with Gasteiger partial charge in [0.2, 0.25) is 0 Å². The molecule has 0 atom stereocenters. The van der Waals surface area contributed by atoms with Gasteiger partial charge in [-0.05, 0) is 77.3 Å². The number of amides is 1. The van der Waals surface area contributed by atoms with Crippen LogP contribution in [0.15, 0.2) is 60.7 Å². The number of aliphatic hydroxyl groups excluding tert-OH is 1. The molecule has 0 aliphatic rings. The molecule has 0 saturated heterocycles. The fourth-order valence-corrected chi connectivity index (χ4v) is 6.66. The number of rotatable bonds is 16. The zero-order chi connectivity index (χ0) is 37.6. The summed E-state index contributed by atoms with van der Waals surface area (Å²) in [5.41, 5.74) is 3.92. The third-order valence-corrected chi connectivity index (χ3v) is 9.01. The number of hydrogen-bond acceptors (Lipinski definition) is 7. The Kier molecular flexibility index (Phi) is 12.3. The number of ether oxygens (including phenoxy) is 3. The van der Waals surface area contributed by atoms with Gasteiger partial charge in [-0.15, -0.1) is 0 Å². The first kappa shape index (κ1) is 38.4. The Morgan fingerprint density at radius 1 is 0.962 bits per heavy atom. The molecule has 0 radical (unpaired) electrons. The second-order valence-corrected chi connectivity index (χ2v) is 14.4. The smallest absolute Gasteiger partial charge is 0.410 e. The summed E-state index contributed by atoms with van der Waals surface area (Å²) in [6, 6.07) is 19.9. The lowest BCUT2D eigenvalue weighted by Gasteiger charge is -2.24. The fraction of sp³-hybridized carbons (Fsp3) is 0.439. The van der Waals surface area contributed by atoms with Crippen molar-refractivity contribution >= 4 is 33.7 Å². The molecular weight excluding hydrogens is 660 g/mol. The number of aryl methyl sites for hydroxylation is 3. The number of hydrogen-bond donors (Lipinski definition) is 2. The maximum Gasteiger partial charge on any atom is 0.410 e. The number of benzene rings is 3. The van der Waals surface area contributed by atoms with Gasteiger partial charge in [-0.25, -0.2) is 9.59 Å². The van der Waals surface area contributed by atoms with Crippen molar-refractivity contribution in [2.75, 3.05) is 20.2 Å². The maximum absolute atomic E-state index is 13.2. The monoisotopic (exact) mass is 712 g/mol. The fourth-order valence-electron chi connectivity index (χ4n) is 6.66. The molecule has 0 spiro atoms. The number of unbranched alkanes of at least 4 members (excludes halogenated alkanes) is 1. The number of carboxylic acid groups (broad SMARTS) is 1. The van der Waals surface area contributed by atoms with E-state index in [-0.39, 0.29) is 25.0 Å². The van der Waals surface area contributed by atoms with Crippen LogP contribution in [0.2, 0.25) is 0 Å². The number of para-hydroxylation sites is 1. The van der Waals surface area contributed by atoms with Crippen LogP contribution in [0.1, 0.15) is 81.3 Å². The van der Waals surface area contributed by atoms with Crippen molar-refractivity contribution < 1.29 is 34.0 Å². The topological polar surface area (TPSA) is 128 Å². The Bertz CT molecular complexity index is 2020. The molecule has 2 aromatic heterocycles. The van der Waals surface area contributed by atoms with Gasteiger partial charge in [0, 0.05) is 49.1 Å². The third-order valence-electron chi connectivity index (χ3n) is 9.01. The van der Waals surface area contributed by atoms with E-state index in [2.05, 4.69) is 0 Å². The van der Waals surface area contributed by atoms with Crippen molar-refractivity contribution in [3.63, 3.8) is 0 Å². The van der Waals surface area contributed by atoms with Gasteiger partial charge < -0.3 is 33.9 Å². The lowest BCUT2D eigenvalue weighted by atomic mass is 9.98. The van der Waals surface area contributed by atoms with Crippen LogP contribution in [0.5, 0.6) is 5.75 Å². The van der Waals surface area contributed by atoms with Crippen molar-refractivity contribution in [2.45, 2.75) is 91.8 Å². The Morgan fingerprint density at radius 3 is 2.38 bits per heavy atom. The second kappa shape index (κ2) is 16.6. The maximum atomic E-state index is 13.2. The Balaban J connectivity index is 1.51. The van der Waals surface area contributed by atoms with Gasteiger partial charge in [-0.1, -0.05) is 54.6 Å². The first-order chi connectivity index (χ1) is 24.8. The molecule has 5 aromatic rings. The number of carbonyl (C=O) groups excluding carboxylic acids is 1. The van der Waals surface area contributed by atoms with Gasteiger partial charge in [-0.3, -0.25) is 4.68 Å². The Morgan fingerprint density at radius 2 is 1.67 bits per heavy atom. The summed E-state index contributed by atoms with van der Waals surface area (Å²) in [5, 5.41) is 29.0. The summed E-state index contributed by atoms with van der Waals surface area (Å²) in [4.78, 5) is 27.3. The molecule has 5 rings (SSSR count). The van der Waals surface area contributed by atoms with Gasteiger partial charge in [0.25, 0.3) is 0 Å². The van der Waals surface area contributed by atoms with E-state index in [1.165, 1.54) is 0 Å². The summed E-state index contributed by atoms with van der Waals surface area (Å²) in [5.74, 6) is -0.225. The van der Waals surface area contributed by atoms with Crippen LogP contribution in [0, 0.1) is 0 Å². The van der Waals surface area contributed by atoms with E-state index in [1.54, 1.807) is 23.7 Å². The summed E-state index contributed by atoms with van der Waals surface area (Å²) in [6.45, 7) is 10.7. The molecule has 52 heavy (non-hydrogen) atoms. The average Bonchev–Trinajstić information content (AvgIpc) is 3.60. The SMILES string of the molecule is CC(C)OCc1nn(C)c(CO)c1-c1cccc2c(CCCOc3cccc4ccccc34)c(C(=O)O)n(CCCCN(C)C(=O)OC(C)(C)C)c12. The van der Waals surface area contributed by atoms with E-state index in [1.807, 2.05) is 99.8 Å². The van der Waals surface area contributed by atoms with Crippen LogP contribution < -0.4 is 4.74 Å². The van der Waals surface area contributed by atoms with E-state index in [4.69, 9.17) is 19.3 Å². The molecule has 1 amide bonds. The van der Waals surface area contributed by atoms with Crippen LogP contribution in [0.4, 0.5) is 4.79 Å². The molecule has 0 aliphatic heterocycles. The molecule has 11 nitrogen and oxygen atoms in total. The van der Waals surface area contributed by atoms with Gasteiger partial charge >= 0.3 is 12.1 Å². The zero-order valence-electron chi connectivity index (χ0n) is 31.4. The number of aromatic carboxylic acids is 1. The quantitative estimate of drug-likeness (QED) is 0.0987. The minimum Gasteiger partial charge on any atom is -0.493 e. The number of aromatic nitrogens is 3. The van der Waals surface area contributed by atoms with Crippen LogP contribution in [0.3, 0.4) is 0 Å². The summed E-state index contributed by atoms with van der Waals surface area (Å²) < 4.78 is 21.3. The van der Waals surface area contributed by atoms with Crippen LogP contribution in [0.25, 0.3) is 32.8 Å². The van der Waals surface area contributed by atoms with Gasteiger partial charge in [0.1, 0.15) is 17.0 Å². The minimum atomic E-state index is -1.02. The highest BCUT2D eigenvalue weighted by Crippen LogP contribution is 2.39. The van der Waals surface area contributed by atoms with Crippen LogP contribution in [-0.4, -0.2) is 73.4 Å². The third kappa shape index (κ3) is 8.77. The molecule has 2 heterocycles. The van der Waals surface area contributed by atoms with Gasteiger partial charge in [0.15, 0.2) is 0 Å². The van der Waals surface area contributed by atoms with Crippen molar-refractivity contribution in [3.05, 3.63) is 83.3 Å². The van der Waals surface area contributed by atoms with E-state index >= 15 is 0 Å². The minimum absolute atomic E-state index is 0.0350. The number of fused-ring (bicyclic) bond motifs is 2. The number of nitrogens with zero attached hydrogens (tertiary/aromatic N) is 4. The van der Waals surface area contributed by atoms with E-state index < -0.39 is 17.7 Å². The number of carbonyl (C=O) groups is 2. The largest absolute Gasteiger partial charge is 0.493 e. The first-order valence-electron chi connectivity index (χ1n) is 18.0. The molecule has 2 N–H and O–H groups in total. The Labute approximate surface area is 305 Å². The summed E-state index contributed by atoms with van der Waals surface area (Å²) >= 11 is 0. The highest BCUT2D eigenvalue weighted by atomic mass is 16.6. The molecule has 0 fully saturated rings. The van der Waals surface area contributed by atoms with Crippen molar-refractivity contribution in [2.24, 2.45) is 7.05 Å². The second-order valence-electron chi connectivity index (χ2n) is 14.4. The van der Waals surface area contributed by atoms with Crippen molar-refractivity contribution in [3.8, 4) is 16.9 Å². The summed E-state index contributed by atoms with van der Waals surface area (Å²) in [6.07, 6.45) is 1.88. The predicted molar refractivity (Wildman–Crippen MR) is 203 cm³/mol. The van der Waals surface area contributed by atoms with Gasteiger partial charge in [-0.2, -0.15) is 5.10 Å². The van der Waals surface area contributed by atoms with Crippen LogP contribution in [-0.2, 0) is 42.7 Å². The lowest BCUT2D eigenvalue weighted by molar-refractivity contribution is 0.0295. The molecule has 0 aliphatic carbocycles. The highest BCUT2D eigenvalue weighted by molar-refractivity contribution is 6.04. The molecular formula is C41H52N4O7. The van der Waals surface area contributed by atoms with Crippen LogP contribution >= 0.6 is 0 Å². The van der Waals surface area contributed by atoms with Gasteiger partial charge in [0.05, 0.1) is 42.8 Å². The molecule has 0 unspecified atom stereocenters. The van der Waals surface area contributed by atoms with Crippen molar-refractivity contribution in [1.82, 2.24) is 19.2 Å². The average molecular weight is 713 g/mol. The predicted octanol–water partition coefficient (Wildman–Crippen LogP) is 7.97. The summed E-state index contributed by atoms with van der Waals surface area (Å²) in [7, 11) is 3.50. The number of carboxylic acids is 1. The van der Waals surface area contributed by atoms with E-state index in [9.17, 15) is 19.8 Å². The first-order valence-corrected chi connectivity index (χ1v) is 18.0. The molecule has 11 heteroatoms. The standard InChI is InChI=1S/C41H52N4O7/c1-27(2)51-26-33-36(34(25-46)44(7)42-33)32-19-13-18-30-31(20-14-24-50-35-21-12-16-28-15-8-9-17-29(28)35)38(39(47)48)45(37(30)32)23-11-10-22-43(6)40(49)52-41(3,4)5/h8-9,12-13,15-19,21,27,46H,10-11,14,20,22-26H2,1-7H3,(H,47,48). The lowest BCUT2D eigenvalue weighted by Crippen LogP contribution is -2.34. The molecule has 0 saturated carbocycles. The molecule has 3 aromatic carbocycles. The molecule has 0 bridgehead atoms. The van der Waals surface area contributed by atoms with E-state index in [0.717, 1.165) is 44.1 Å². The highest BCUT2D eigenvalue weighted by Gasteiger charge is 2.28.